The normalized spacial score (nSPS) is 13.4. The first-order valence-corrected chi connectivity index (χ1v) is 7.52. The Balaban J connectivity index is 3.78. The molecular formula is C9H20O2Si. The van der Waals surface area contributed by atoms with Crippen LogP contribution in [0.5, 0.6) is 0 Å². The molecule has 0 aliphatic heterocycles. The van der Waals surface area contributed by atoms with Gasteiger partial charge >= 0.3 is 0 Å². The quantitative estimate of drug-likeness (QED) is 0.597. The third-order valence-corrected chi connectivity index (χ3v) is 2.58. The largest absolute Gasteiger partial charge is 0.411 e. The Morgan fingerprint density at radius 1 is 1.50 bits per heavy atom. The van der Waals surface area contributed by atoms with Crippen molar-refractivity contribution in [1.29, 1.82) is 0 Å². The highest BCUT2D eigenvalue weighted by Gasteiger charge is 2.15. The standard InChI is InChI=1S/C9H20O2Si/c1-5-6-7-9(8(2)10)11-12(3)4/h9,12H,5-7H2,1-4H3. The zero-order valence-corrected chi connectivity index (χ0v) is 9.75. The molecule has 12 heavy (non-hydrogen) atoms. The Bertz CT molecular complexity index is 134. The van der Waals surface area contributed by atoms with Gasteiger partial charge in [-0.25, -0.2) is 0 Å². The van der Waals surface area contributed by atoms with Gasteiger partial charge in [0.15, 0.2) is 14.8 Å². The summed E-state index contributed by atoms with van der Waals surface area (Å²) >= 11 is 0. The Labute approximate surface area is 77.0 Å². The molecule has 0 heterocycles. The van der Waals surface area contributed by atoms with E-state index >= 15 is 0 Å². The van der Waals surface area contributed by atoms with E-state index in [-0.39, 0.29) is 11.9 Å². The van der Waals surface area contributed by atoms with Crippen LogP contribution in [-0.4, -0.2) is 20.9 Å². The minimum Gasteiger partial charge on any atom is -0.411 e. The van der Waals surface area contributed by atoms with Crippen LogP contribution < -0.4 is 0 Å². The number of unbranched alkanes of at least 4 members (excludes halogenated alkanes) is 1. The lowest BCUT2D eigenvalue weighted by atomic mass is 10.1. The molecule has 0 rings (SSSR count). The van der Waals surface area contributed by atoms with Crippen molar-refractivity contribution >= 4 is 14.8 Å². The molecule has 0 aliphatic rings. The van der Waals surface area contributed by atoms with Gasteiger partial charge in [-0.15, -0.1) is 0 Å². The van der Waals surface area contributed by atoms with E-state index in [9.17, 15) is 4.79 Å². The van der Waals surface area contributed by atoms with Gasteiger partial charge in [-0.3, -0.25) is 4.79 Å². The van der Waals surface area contributed by atoms with Crippen LogP contribution in [-0.2, 0) is 9.22 Å². The number of hydrogen-bond donors (Lipinski definition) is 0. The van der Waals surface area contributed by atoms with Crippen LogP contribution >= 0.6 is 0 Å². The summed E-state index contributed by atoms with van der Waals surface area (Å²) in [5, 5.41) is 0. The van der Waals surface area contributed by atoms with Crippen LogP contribution in [0, 0.1) is 0 Å². The van der Waals surface area contributed by atoms with E-state index in [4.69, 9.17) is 4.43 Å². The smallest absolute Gasteiger partial charge is 0.171 e. The fourth-order valence-electron chi connectivity index (χ4n) is 1.09. The van der Waals surface area contributed by atoms with Gasteiger partial charge in [0.1, 0.15) is 6.10 Å². The number of carbonyl (C=O) groups excluding carboxylic acids is 1. The molecule has 0 radical (unpaired) electrons. The van der Waals surface area contributed by atoms with E-state index < -0.39 is 9.04 Å². The Morgan fingerprint density at radius 2 is 2.08 bits per heavy atom. The van der Waals surface area contributed by atoms with Gasteiger partial charge in [0, 0.05) is 0 Å². The Morgan fingerprint density at radius 3 is 2.42 bits per heavy atom. The first-order valence-electron chi connectivity index (χ1n) is 4.73. The van der Waals surface area contributed by atoms with Crippen LogP contribution in [0.3, 0.4) is 0 Å². The predicted octanol–water partition coefficient (Wildman–Crippen LogP) is 2.13. The van der Waals surface area contributed by atoms with Crippen LogP contribution in [0.4, 0.5) is 0 Å². The highest BCUT2D eigenvalue weighted by Crippen LogP contribution is 2.07. The lowest BCUT2D eigenvalue weighted by Gasteiger charge is -2.16. The van der Waals surface area contributed by atoms with Crippen molar-refractivity contribution in [1.82, 2.24) is 0 Å². The van der Waals surface area contributed by atoms with Gasteiger partial charge in [0.05, 0.1) is 0 Å². The maximum Gasteiger partial charge on any atom is 0.171 e. The van der Waals surface area contributed by atoms with Gasteiger partial charge in [0.2, 0.25) is 0 Å². The summed E-state index contributed by atoms with van der Waals surface area (Å²) in [5.41, 5.74) is 0. The Hall–Kier alpha value is -0.153. The fourth-order valence-corrected chi connectivity index (χ4v) is 2.07. The molecule has 0 amide bonds. The first-order chi connectivity index (χ1) is 5.57. The molecule has 1 atom stereocenters. The van der Waals surface area contributed by atoms with Gasteiger partial charge in [-0.2, -0.15) is 0 Å². The van der Waals surface area contributed by atoms with Gasteiger partial charge in [-0.05, 0) is 26.4 Å². The molecular weight excluding hydrogens is 168 g/mol. The average Bonchev–Trinajstić information content (AvgIpc) is 1.96. The van der Waals surface area contributed by atoms with E-state index in [1.807, 2.05) is 0 Å². The van der Waals surface area contributed by atoms with Crippen molar-refractivity contribution in [2.75, 3.05) is 0 Å². The minimum atomic E-state index is -1.05. The third kappa shape index (κ3) is 5.49. The van der Waals surface area contributed by atoms with Crippen LogP contribution in [0.15, 0.2) is 0 Å². The average molecular weight is 188 g/mol. The molecule has 0 saturated heterocycles. The maximum atomic E-state index is 11.1. The second kappa shape index (κ2) is 6.37. The highest BCUT2D eigenvalue weighted by atomic mass is 28.3. The van der Waals surface area contributed by atoms with E-state index in [1.165, 1.54) is 0 Å². The molecule has 0 fully saturated rings. The number of rotatable bonds is 6. The first kappa shape index (κ1) is 11.8. The molecule has 2 nitrogen and oxygen atoms in total. The molecule has 1 unspecified atom stereocenters. The zero-order chi connectivity index (χ0) is 9.56. The lowest BCUT2D eigenvalue weighted by Crippen LogP contribution is -2.27. The summed E-state index contributed by atoms with van der Waals surface area (Å²) in [4.78, 5) is 11.1. The SMILES string of the molecule is CCCCC(O[SiH](C)C)C(C)=O. The molecule has 72 valence electrons. The number of carbonyl (C=O) groups is 1. The van der Waals surface area contributed by atoms with Crippen molar-refractivity contribution < 1.29 is 9.22 Å². The number of hydrogen-bond acceptors (Lipinski definition) is 2. The molecule has 0 N–H and O–H groups in total. The maximum absolute atomic E-state index is 11.1. The summed E-state index contributed by atoms with van der Waals surface area (Å²) in [5.74, 6) is 0.185. The number of ketones is 1. The molecule has 0 saturated carbocycles. The minimum absolute atomic E-state index is 0.114. The molecule has 3 heteroatoms. The molecule has 0 spiro atoms. The summed E-state index contributed by atoms with van der Waals surface area (Å²) in [6.07, 6.45) is 3.01. The van der Waals surface area contributed by atoms with Crippen LogP contribution in [0.1, 0.15) is 33.1 Å². The molecule has 0 aromatic heterocycles. The second-order valence-corrected chi connectivity index (χ2v) is 5.80. The van der Waals surface area contributed by atoms with Crippen molar-refractivity contribution in [2.45, 2.75) is 52.3 Å². The van der Waals surface area contributed by atoms with Crippen molar-refractivity contribution in [3.8, 4) is 0 Å². The second-order valence-electron chi connectivity index (χ2n) is 3.43. The van der Waals surface area contributed by atoms with Crippen molar-refractivity contribution in [3.63, 3.8) is 0 Å². The molecule has 0 aromatic carbocycles. The highest BCUT2D eigenvalue weighted by molar-refractivity contribution is 6.48. The monoisotopic (exact) mass is 188 g/mol. The van der Waals surface area contributed by atoms with Gasteiger partial charge < -0.3 is 4.43 Å². The van der Waals surface area contributed by atoms with Gasteiger partial charge in [-0.1, -0.05) is 19.8 Å². The topological polar surface area (TPSA) is 26.3 Å². The van der Waals surface area contributed by atoms with Crippen LogP contribution in [0.25, 0.3) is 0 Å². The predicted molar refractivity (Wildman–Crippen MR) is 54.0 cm³/mol. The van der Waals surface area contributed by atoms with E-state index in [1.54, 1.807) is 6.92 Å². The van der Waals surface area contributed by atoms with E-state index in [2.05, 4.69) is 20.0 Å². The Kier molecular flexibility index (Phi) is 6.29. The summed E-state index contributed by atoms with van der Waals surface area (Å²) in [6.45, 7) is 7.95. The van der Waals surface area contributed by atoms with E-state index in [0.717, 1.165) is 19.3 Å². The summed E-state index contributed by atoms with van der Waals surface area (Å²) < 4.78 is 5.60. The fraction of sp³-hybridized carbons (Fsp3) is 0.889. The summed E-state index contributed by atoms with van der Waals surface area (Å²) in [7, 11) is -1.05. The van der Waals surface area contributed by atoms with Crippen LogP contribution in [0.2, 0.25) is 13.1 Å². The molecule has 0 bridgehead atoms. The molecule has 0 aromatic rings. The zero-order valence-electron chi connectivity index (χ0n) is 8.59. The third-order valence-electron chi connectivity index (χ3n) is 1.71. The molecule has 0 aliphatic carbocycles. The summed E-state index contributed by atoms with van der Waals surface area (Å²) in [6, 6.07) is 0. The van der Waals surface area contributed by atoms with E-state index in [0.29, 0.717) is 0 Å². The van der Waals surface area contributed by atoms with Crippen molar-refractivity contribution in [3.05, 3.63) is 0 Å². The number of Topliss-reactive ketones (excluding diaryl/α,β-unsaturated/α-hetero) is 1. The van der Waals surface area contributed by atoms with Crippen molar-refractivity contribution in [2.24, 2.45) is 0 Å². The lowest BCUT2D eigenvalue weighted by molar-refractivity contribution is -0.124. The van der Waals surface area contributed by atoms with Gasteiger partial charge in [0.25, 0.3) is 0 Å².